The van der Waals surface area contributed by atoms with Crippen molar-refractivity contribution in [1.82, 2.24) is 9.55 Å². The number of fused-ring (bicyclic) bond motifs is 1. The zero-order valence-electron chi connectivity index (χ0n) is 14.1. The van der Waals surface area contributed by atoms with Crippen molar-refractivity contribution < 1.29 is 0 Å². The lowest BCUT2D eigenvalue weighted by atomic mass is 9.96. The van der Waals surface area contributed by atoms with E-state index in [0.29, 0.717) is 28.3 Å². The number of nitriles is 1. The van der Waals surface area contributed by atoms with Crippen LogP contribution < -0.4 is 5.56 Å². The average molecular weight is 352 g/mol. The Morgan fingerprint density at radius 3 is 2.56 bits per heavy atom. The number of benzene rings is 2. The summed E-state index contributed by atoms with van der Waals surface area (Å²) >= 11 is 6.06. The molecule has 2 aromatic carbocycles. The molecule has 0 aliphatic heterocycles. The first kappa shape index (κ1) is 17.2. The van der Waals surface area contributed by atoms with Crippen LogP contribution in [0.5, 0.6) is 0 Å². The van der Waals surface area contributed by atoms with E-state index in [-0.39, 0.29) is 11.5 Å². The van der Waals surface area contributed by atoms with E-state index in [2.05, 4.69) is 11.1 Å². The second kappa shape index (κ2) is 7.08. The third kappa shape index (κ3) is 3.42. The zero-order chi connectivity index (χ0) is 18.0. The third-order valence-electron chi connectivity index (χ3n) is 4.21. The largest absolute Gasteiger partial charge is 0.291 e. The molecule has 0 fully saturated rings. The Morgan fingerprint density at radius 2 is 1.92 bits per heavy atom. The summed E-state index contributed by atoms with van der Waals surface area (Å²) in [5.41, 5.74) is 1.36. The number of halogens is 1. The van der Waals surface area contributed by atoms with Gasteiger partial charge < -0.3 is 0 Å². The van der Waals surface area contributed by atoms with Crippen LogP contribution in [0.3, 0.4) is 0 Å². The molecule has 0 radical (unpaired) electrons. The Kier molecular flexibility index (Phi) is 4.87. The summed E-state index contributed by atoms with van der Waals surface area (Å²) in [5, 5.41) is 10.6. The highest BCUT2D eigenvalue weighted by atomic mass is 35.5. The summed E-state index contributed by atoms with van der Waals surface area (Å²) < 4.78 is 1.61. The quantitative estimate of drug-likeness (QED) is 0.701. The number of hydrogen-bond acceptors (Lipinski definition) is 3. The molecule has 0 bridgehead atoms. The van der Waals surface area contributed by atoms with E-state index in [9.17, 15) is 10.1 Å². The molecule has 25 heavy (non-hydrogen) atoms. The van der Waals surface area contributed by atoms with Gasteiger partial charge in [-0.05, 0) is 29.7 Å². The Morgan fingerprint density at radius 1 is 1.20 bits per heavy atom. The van der Waals surface area contributed by atoms with Crippen LogP contribution in [-0.4, -0.2) is 9.55 Å². The first-order valence-electron chi connectivity index (χ1n) is 8.15. The molecule has 1 heterocycles. The van der Waals surface area contributed by atoms with Crippen molar-refractivity contribution in [2.45, 2.75) is 26.3 Å². The molecule has 0 N–H and O–H groups in total. The summed E-state index contributed by atoms with van der Waals surface area (Å²) in [6.07, 6.45) is 0. The fourth-order valence-corrected chi connectivity index (χ4v) is 3.04. The fourth-order valence-electron chi connectivity index (χ4n) is 2.87. The maximum Gasteiger partial charge on any atom is 0.261 e. The van der Waals surface area contributed by atoms with E-state index in [4.69, 9.17) is 11.6 Å². The molecule has 0 saturated heterocycles. The fraction of sp³-hybridized carbons (Fsp3) is 0.250. The van der Waals surface area contributed by atoms with Crippen LogP contribution in [-0.2, 0) is 6.54 Å². The molecule has 0 aliphatic carbocycles. The maximum absolute atomic E-state index is 13.1. The molecule has 5 heteroatoms. The zero-order valence-corrected chi connectivity index (χ0v) is 14.9. The van der Waals surface area contributed by atoms with Gasteiger partial charge in [-0.15, -0.1) is 0 Å². The van der Waals surface area contributed by atoms with E-state index >= 15 is 0 Å². The lowest BCUT2D eigenvalue weighted by Gasteiger charge is -2.19. The molecule has 3 rings (SSSR count). The summed E-state index contributed by atoms with van der Waals surface area (Å²) in [7, 11) is 0. The lowest BCUT2D eigenvalue weighted by molar-refractivity contribution is 0.525. The van der Waals surface area contributed by atoms with E-state index in [0.717, 1.165) is 5.56 Å². The third-order valence-corrected chi connectivity index (χ3v) is 4.45. The van der Waals surface area contributed by atoms with Crippen LogP contribution in [0.2, 0.25) is 5.02 Å². The maximum atomic E-state index is 13.1. The molecule has 1 unspecified atom stereocenters. The monoisotopic (exact) mass is 351 g/mol. The van der Waals surface area contributed by atoms with Crippen LogP contribution in [0, 0.1) is 17.2 Å². The van der Waals surface area contributed by atoms with Crippen molar-refractivity contribution in [2.75, 3.05) is 0 Å². The highest BCUT2D eigenvalue weighted by Gasteiger charge is 2.23. The summed E-state index contributed by atoms with van der Waals surface area (Å²) in [6, 6.07) is 17.0. The van der Waals surface area contributed by atoms with Crippen molar-refractivity contribution in [3.05, 3.63) is 75.3 Å². The highest BCUT2D eigenvalue weighted by Crippen LogP contribution is 2.24. The molecule has 0 spiro atoms. The molecule has 1 aromatic heterocycles. The van der Waals surface area contributed by atoms with Gasteiger partial charge >= 0.3 is 0 Å². The minimum absolute atomic E-state index is 0.0376. The average Bonchev–Trinajstić information content (AvgIpc) is 2.59. The van der Waals surface area contributed by atoms with Crippen LogP contribution in [0.1, 0.15) is 31.2 Å². The molecule has 0 aliphatic rings. The van der Waals surface area contributed by atoms with Crippen molar-refractivity contribution >= 4 is 22.5 Å². The van der Waals surface area contributed by atoms with Gasteiger partial charge in [0.15, 0.2) is 0 Å². The molecule has 3 aromatic rings. The van der Waals surface area contributed by atoms with Gasteiger partial charge in [-0.2, -0.15) is 5.26 Å². The van der Waals surface area contributed by atoms with E-state index < -0.39 is 5.92 Å². The summed E-state index contributed by atoms with van der Waals surface area (Å²) in [6.45, 7) is 4.29. The summed E-state index contributed by atoms with van der Waals surface area (Å²) in [4.78, 5) is 17.7. The van der Waals surface area contributed by atoms with Crippen LogP contribution >= 0.6 is 11.6 Å². The van der Waals surface area contributed by atoms with Gasteiger partial charge in [-0.1, -0.05) is 55.8 Å². The van der Waals surface area contributed by atoms with Gasteiger partial charge in [0.05, 0.1) is 23.5 Å². The number of aromatic nitrogens is 2. The van der Waals surface area contributed by atoms with Gasteiger partial charge in [0.2, 0.25) is 0 Å². The van der Waals surface area contributed by atoms with E-state index in [1.807, 2.05) is 44.2 Å². The molecular weight excluding hydrogens is 334 g/mol. The second-order valence-electron chi connectivity index (χ2n) is 6.36. The number of rotatable bonds is 4. The topological polar surface area (TPSA) is 58.7 Å². The standard InChI is InChI=1S/C20H18ClN3O/c1-13(2)17(11-22)19-23-18-10-15(21)8-9-16(18)20(25)24(19)12-14-6-4-3-5-7-14/h3-10,13,17H,12H2,1-2H3. The molecule has 1 atom stereocenters. The van der Waals surface area contributed by atoms with Crippen LogP contribution in [0.15, 0.2) is 53.3 Å². The first-order chi connectivity index (χ1) is 12.0. The lowest BCUT2D eigenvalue weighted by Crippen LogP contribution is -2.28. The van der Waals surface area contributed by atoms with Crippen molar-refractivity contribution in [3.8, 4) is 6.07 Å². The molecule has 0 saturated carbocycles. The van der Waals surface area contributed by atoms with Crippen molar-refractivity contribution in [1.29, 1.82) is 5.26 Å². The molecule has 4 nitrogen and oxygen atoms in total. The van der Waals surface area contributed by atoms with Gasteiger partial charge in [0.25, 0.3) is 5.56 Å². The molecule has 0 amide bonds. The van der Waals surface area contributed by atoms with Crippen molar-refractivity contribution in [3.63, 3.8) is 0 Å². The van der Waals surface area contributed by atoms with E-state index in [1.165, 1.54) is 0 Å². The molecule has 126 valence electrons. The van der Waals surface area contributed by atoms with Crippen molar-refractivity contribution in [2.24, 2.45) is 5.92 Å². The predicted octanol–water partition coefficient (Wildman–Crippen LogP) is 4.36. The van der Waals surface area contributed by atoms with Gasteiger partial charge in [0.1, 0.15) is 11.7 Å². The minimum atomic E-state index is -0.472. The van der Waals surface area contributed by atoms with Crippen LogP contribution in [0.4, 0.5) is 0 Å². The summed E-state index contributed by atoms with van der Waals surface area (Å²) in [5.74, 6) is 0.0523. The normalized spacial score (nSPS) is 12.3. The Bertz CT molecular complexity index is 1000. The second-order valence-corrected chi connectivity index (χ2v) is 6.80. The Hall–Kier alpha value is -2.64. The van der Waals surface area contributed by atoms with Gasteiger partial charge in [0, 0.05) is 5.02 Å². The van der Waals surface area contributed by atoms with Gasteiger partial charge in [-0.25, -0.2) is 4.98 Å². The van der Waals surface area contributed by atoms with Crippen LogP contribution in [0.25, 0.3) is 10.9 Å². The van der Waals surface area contributed by atoms with Gasteiger partial charge in [-0.3, -0.25) is 9.36 Å². The highest BCUT2D eigenvalue weighted by molar-refractivity contribution is 6.31. The molecular formula is C20H18ClN3O. The number of nitrogens with zero attached hydrogens (tertiary/aromatic N) is 3. The Labute approximate surface area is 151 Å². The smallest absolute Gasteiger partial charge is 0.261 e. The SMILES string of the molecule is CC(C)C(C#N)c1nc2cc(Cl)ccc2c(=O)n1Cc1ccccc1. The predicted molar refractivity (Wildman–Crippen MR) is 99.7 cm³/mol. The Balaban J connectivity index is 2.28. The minimum Gasteiger partial charge on any atom is -0.291 e. The number of hydrogen-bond donors (Lipinski definition) is 0. The first-order valence-corrected chi connectivity index (χ1v) is 8.52. The van der Waals surface area contributed by atoms with E-state index in [1.54, 1.807) is 22.8 Å².